The van der Waals surface area contributed by atoms with E-state index in [9.17, 15) is 12.6 Å². The topological polar surface area (TPSA) is 129 Å². The average molecular weight is 757 g/mol. The predicted octanol–water partition coefficient (Wildman–Crippen LogP) is 9.69. The largest absolute Gasteiger partial charge is 0.396 e. The third-order valence-electron chi connectivity index (χ3n) is 7.64. The Kier molecular flexibility index (Phi) is 9.22. The first kappa shape index (κ1) is 33.3. The van der Waals surface area contributed by atoms with Crippen LogP contribution in [0.4, 0.5) is 11.4 Å². The van der Waals surface area contributed by atoms with Gasteiger partial charge in [-0.05, 0) is 57.3 Å². The molecule has 49 heavy (non-hydrogen) atoms. The van der Waals surface area contributed by atoms with E-state index in [2.05, 4.69) is 29.2 Å². The van der Waals surface area contributed by atoms with Crippen LogP contribution in [-0.4, -0.2) is 35.1 Å². The molecule has 0 saturated heterocycles. The number of anilines is 2. The molecule has 8 aromatic rings. The number of nitrogens with two attached hydrogens (primary N) is 2. The number of pyridine rings is 2. The second kappa shape index (κ2) is 13.6. The van der Waals surface area contributed by atoms with Gasteiger partial charge in [0.2, 0.25) is 0 Å². The molecule has 0 aliphatic carbocycles. The minimum absolute atomic E-state index is 0.176. The predicted molar refractivity (Wildman–Crippen MR) is 211 cm³/mol. The summed E-state index contributed by atoms with van der Waals surface area (Å²) in [7, 11) is -4.53. The summed E-state index contributed by atoms with van der Waals surface area (Å²) in [4.78, 5) is 13.1. The van der Waals surface area contributed by atoms with Crippen LogP contribution in [0.25, 0.3) is 63.8 Å². The van der Waals surface area contributed by atoms with E-state index in [4.69, 9.17) is 16.5 Å². The van der Waals surface area contributed by atoms with Gasteiger partial charge < -0.3 is 11.5 Å². The molecule has 0 fully saturated rings. The Balaban J connectivity index is 0.000000154. The fraction of sp³-hybridized carbons (Fsp3) is 0.0556. The molecule has 2 aromatic carbocycles. The van der Waals surface area contributed by atoms with Crippen molar-refractivity contribution in [3.63, 3.8) is 0 Å². The molecule has 7 nitrogen and oxygen atoms in total. The lowest BCUT2D eigenvalue weighted by molar-refractivity contribution is 0.604. The Bertz CT molecular complexity index is 2560. The third kappa shape index (κ3) is 6.57. The SMILES string of the molecule is CS(=O)(=O)c1sc2nc(-c3cccs3)cc(-c3ccccc3)c2c1N.CS(=O)c1sc2nc(-c3cccs3)cc(-c3ccccc3)c2c1N. The van der Waals surface area contributed by atoms with E-state index in [0.717, 1.165) is 64.9 Å². The van der Waals surface area contributed by atoms with Gasteiger partial charge in [0.15, 0.2) is 9.84 Å². The number of benzene rings is 2. The molecule has 0 saturated carbocycles. The van der Waals surface area contributed by atoms with E-state index >= 15 is 0 Å². The van der Waals surface area contributed by atoms with Crippen molar-refractivity contribution in [3.8, 4) is 43.4 Å². The first-order valence-electron chi connectivity index (χ1n) is 14.8. The number of thiophene rings is 4. The minimum atomic E-state index is -3.40. The van der Waals surface area contributed by atoms with Gasteiger partial charge in [-0.2, -0.15) is 0 Å². The summed E-state index contributed by atoms with van der Waals surface area (Å²) in [5.74, 6) is 0. The fourth-order valence-electron chi connectivity index (χ4n) is 5.48. The van der Waals surface area contributed by atoms with Crippen molar-refractivity contribution in [2.75, 3.05) is 24.0 Å². The van der Waals surface area contributed by atoms with Crippen LogP contribution in [0.5, 0.6) is 0 Å². The average Bonchev–Trinajstić information content (AvgIpc) is 3.93. The molecule has 0 amide bonds. The van der Waals surface area contributed by atoms with Gasteiger partial charge >= 0.3 is 0 Å². The molecule has 246 valence electrons. The van der Waals surface area contributed by atoms with E-state index in [1.807, 2.05) is 83.6 Å². The van der Waals surface area contributed by atoms with Gasteiger partial charge in [0.25, 0.3) is 0 Å². The standard InChI is InChI=1S/C18H14N2O2S3.C18H14N2OS3/c1-25(21,22)18-16(19)15-12(11-6-3-2-4-7-11)10-13(20-17(15)24-18)14-8-5-9-23-14;1-24(21)18-16(19)15-12(11-6-3-2-4-7-11)10-13(20-17(15)23-18)14-8-5-9-22-14/h2-10H,19H2,1H3;2-10H,19H2,1H3. The van der Waals surface area contributed by atoms with Crippen molar-refractivity contribution in [2.24, 2.45) is 0 Å². The summed E-state index contributed by atoms with van der Waals surface area (Å²) in [5, 5.41) is 5.64. The Morgan fingerprint density at radius 3 is 1.55 bits per heavy atom. The molecular formula is C36H28N4O3S6. The van der Waals surface area contributed by atoms with Crippen LogP contribution in [0.2, 0.25) is 0 Å². The molecule has 13 heteroatoms. The van der Waals surface area contributed by atoms with Gasteiger partial charge in [-0.1, -0.05) is 72.8 Å². The normalized spacial score (nSPS) is 12.2. The van der Waals surface area contributed by atoms with Crippen LogP contribution < -0.4 is 11.5 Å². The third-order valence-corrected chi connectivity index (χ3v) is 15.0. The number of hydrogen-bond donors (Lipinski definition) is 2. The smallest absolute Gasteiger partial charge is 0.187 e. The van der Waals surface area contributed by atoms with Crippen LogP contribution in [0.15, 0.2) is 116 Å². The van der Waals surface area contributed by atoms with Crippen LogP contribution >= 0.6 is 45.3 Å². The summed E-state index contributed by atoms with van der Waals surface area (Å²) >= 11 is 5.81. The summed E-state index contributed by atoms with van der Waals surface area (Å²) in [5.41, 5.74) is 19.2. The summed E-state index contributed by atoms with van der Waals surface area (Å²) in [6.07, 6.45) is 2.83. The molecular weight excluding hydrogens is 729 g/mol. The zero-order valence-electron chi connectivity index (χ0n) is 26.1. The molecule has 0 spiro atoms. The Morgan fingerprint density at radius 1 is 0.653 bits per heavy atom. The van der Waals surface area contributed by atoms with Crippen molar-refractivity contribution >= 4 is 97.8 Å². The maximum atomic E-state index is 12.1. The number of rotatable bonds is 6. The van der Waals surface area contributed by atoms with E-state index in [0.29, 0.717) is 20.1 Å². The lowest BCUT2D eigenvalue weighted by Crippen LogP contribution is -1.98. The lowest BCUT2D eigenvalue weighted by Gasteiger charge is -2.07. The van der Waals surface area contributed by atoms with Gasteiger partial charge in [0.05, 0.1) is 43.3 Å². The molecule has 4 N–H and O–H groups in total. The van der Waals surface area contributed by atoms with Crippen LogP contribution in [0, 0.1) is 0 Å². The summed E-state index contributed by atoms with van der Waals surface area (Å²) in [6, 6.07) is 32.1. The Labute approximate surface area is 301 Å². The molecule has 0 aliphatic rings. The summed E-state index contributed by atoms with van der Waals surface area (Å²) < 4.78 is 37.1. The second-order valence-electron chi connectivity index (χ2n) is 11.0. The number of fused-ring (bicyclic) bond motifs is 2. The quantitative estimate of drug-likeness (QED) is 0.173. The molecule has 6 aromatic heterocycles. The number of nitrogens with zero attached hydrogens (tertiary/aromatic N) is 2. The van der Waals surface area contributed by atoms with E-state index in [1.54, 1.807) is 28.9 Å². The van der Waals surface area contributed by atoms with Crippen molar-refractivity contribution in [1.29, 1.82) is 0 Å². The van der Waals surface area contributed by atoms with Gasteiger partial charge in [-0.15, -0.1) is 45.3 Å². The lowest BCUT2D eigenvalue weighted by atomic mass is 10.0. The highest BCUT2D eigenvalue weighted by Crippen LogP contribution is 2.44. The van der Waals surface area contributed by atoms with Crippen molar-refractivity contribution in [2.45, 2.75) is 8.42 Å². The van der Waals surface area contributed by atoms with Gasteiger partial charge in [0, 0.05) is 23.3 Å². The first-order valence-corrected chi connectivity index (χ1v) is 21.6. The number of sulfone groups is 1. The molecule has 1 atom stereocenters. The number of hydrogen-bond acceptors (Lipinski definition) is 11. The van der Waals surface area contributed by atoms with Crippen molar-refractivity contribution in [1.82, 2.24) is 9.97 Å². The molecule has 0 aliphatic heterocycles. The van der Waals surface area contributed by atoms with Crippen molar-refractivity contribution < 1.29 is 12.6 Å². The second-order valence-corrected chi connectivity index (χ2v) is 18.7. The highest BCUT2D eigenvalue weighted by molar-refractivity contribution is 7.93. The Morgan fingerprint density at radius 2 is 1.12 bits per heavy atom. The molecule has 1 unspecified atom stereocenters. The monoisotopic (exact) mass is 756 g/mol. The molecule has 0 bridgehead atoms. The summed E-state index contributed by atoms with van der Waals surface area (Å²) in [6.45, 7) is 0. The number of nitrogen functional groups attached to an aromatic ring is 2. The van der Waals surface area contributed by atoms with E-state index in [-0.39, 0.29) is 9.90 Å². The van der Waals surface area contributed by atoms with Gasteiger partial charge in [-0.3, -0.25) is 4.21 Å². The first-order chi connectivity index (χ1) is 23.6. The zero-order chi connectivity index (χ0) is 34.3. The van der Waals surface area contributed by atoms with Crippen LogP contribution in [0.1, 0.15) is 0 Å². The maximum absolute atomic E-state index is 12.1. The highest BCUT2D eigenvalue weighted by atomic mass is 32.2. The van der Waals surface area contributed by atoms with Gasteiger partial charge in [0.1, 0.15) is 18.1 Å². The zero-order valence-corrected chi connectivity index (χ0v) is 31.0. The Hall–Kier alpha value is -4.24. The van der Waals surface area contributed by atoms with Crippen LogP contribution in [0.3, 0.4) is 0 Å². The van der Waals surface area contributed by atoms with E-state index in [1.165, 1.54) is 17.6 Å². The van der Waals surface area contributed by atoms with Gasteiger partial charge in [-0.25, -0.2) is 18.4 Å². The molecule has 8 rings (SSSR count). The molecule has 0 radical (unpaired) electrons. The molecule has 6 heterocycles. The fourth-order valence-corrected chi connectivity index (χ4v) is 11.0. The maximum Gasteiger partial charge on any atom is 0.187 e. The van der Waals surface area contributed by atoms with Crippen molar-refractivity contribution in [3.05, 3.63) is 108 Å². The van der Waals surface area contributed by atoms with Crippen LogP contribution in [-0.2, 0) is 20.6 Å². The highest BCUT2D eigenvalue weighted by Gasteiger charge is 2.23. The minimum Gasteiger partial charge on any atom is -0.396 e. The number of aromatic nitrogens is 2. The van der Waals surface area contributed by atoms with E-state index < -0.39 is 20.6 Å².